The normalized spacial score (nSPS) is 12.9. The fraction of sp³-hybridized carbons (Fsp3) is 0.600. The number of hydrogen-bond donors (Lipinski definition) is 2. The Hall–Kier alpha value is -0.220. The average Bonchev–Trinajstić information content (AvgIpc) is 2.37. The van der Waals surface area contributed by atoms with Gasteiger partial charge < -0.3 is 10.4 Å². The zero-order valence-corrected chi connectivity index (χ0v) is 13.5. The second-order valence-corrected chi connectivity index (χ2v) is 6.87. The minimum absolute atomic E-state index is 0.231. The van der Waals surface area contributed by atoms with Gasteiger partial charge in [0.15, 0.2) is 0 Å². The summed E-state index contributed by atoms with van der Waals surface area (Å²) in [6.07, 6.45) is 0. The van der Waals surface area contributed by atoms with Crippen LogP contribution in [-0.2, 0) is 6.54 Å². The molecule has 0 aromatic heterocycles. The number of aliphatic hydroxyl groups excluding tert-OH is 1. The number of hydrogen-bond acceptors (Lipinski definition) is 3. The van der Waals surface area contributed by atoms with Gasteiger partial charge >= 0.3 is 0 Å². The Morgan fingerprint density at radius 2 is 2.05 bits per heavy atom. The van der Waals surface area contributed by atoms with Gasteiger partial charge in [0, 0.05) is 28.8 Å². The summed E-state index contributed by atoms with van der Waals surface area (Å²) in [4.78, 5) is 1.21. The van der Waals surface area contributed by atoms with Crippen LogP contribution in [0.2, 0.25) is 5.02 Å². The maximum Gasteiger partial charge on any atom is 0.0464 e. The summed E-state index contributed by atoms with van der Waals surface area (Å²) in [5, 5.41) is 13.3. The number of nitrogens with one attached hydrogen (secondary N) is 1. The second kappa shape index (κ2) is 8.85. The van der Waals surface area contributed by atoms with Crippen molar-refractivity contribution in [2.75, 3.05) is 18.9 Å². The van der Waals surface area contributed by atoms with E-state index in [4.69, 9.17) is 16.7 Å². The topological polar surface area (TPSA) is 32.3 Å². The van der Waals surface area contributed by atoms with Crippen molar-refractivity contribution >= 4 is 23.4 Å². The molecule has 2 N–H and O–H groups in total. The maximum atomic E-state index is 9.09. The smallest absolute Gasteiger partial charge is 0.0464 e. The van der Waals surface area contributed by atoms with Crippen LogP contribution in [0, 0.1) is 11.8 Å². The van der Waals surface area contributed by atoms with E-state index in [-0.39, 0.29) is 6.61 Å². The van der Waals surface area contributed by atoms with Crippen molar-refractivity contribution in [1.82, 2.24) is 5.32 Å². The zero-order chi connectivity index (χ0) is 14.3. The van der Waals surface area contributed by atoms with Crippen LogP contribution in [0.15, 0.2) is 23.1 Å². The van der Waals surface area contributed by atoms with Crippen molar-refractivity contribution < 1.29 is 5.11 Å². The molecule has 0 aliphatic heterocycles. The van der Waals surface area contributed by atoms with Gasteiger partial charge in [0.05, 0.1) is 0 Å². The number of benzene rings is 1. The van der Waals surface area contributed by atoms with Crippen LogP contribution in [-0.4, -0.2) is 24.0 Å². The lowest BCUT2D eigenvalue weighted by Gasteiger charge is -2.13. The van der Waals surface area contributed by atoms with Gasteiger partial charge in [-0.2, -0.15) is 0 Å². The van der Waals surface area contributed by atoms with Gasteiger partial charge in [-0.3, -0.25) is 0 Å². The Balaban J connectivity index is 2.63. The third-order valence-corrected chi connectivity index (χ3v) is 4.39. The SMILES string of the molecule is CC(C)CNCc1ccc(Cl)cc1SCC(C)CO. The highest BCUT2D eigenvalue weighted by molar-refractivity contribution is 7.99. The van der Waals surface area contributed by atoms with Crippen LogP contribution < -0.4 is 5.32 Å². The summed E-state index contributed by atoms with van der Waals surface area (Å²) in [5.74, 6) is 1.87. The predicted molar refractivity (Wildman–Crippen MR) is 85.0 cm³/mol. The Bertz CT molecular complexity index is 384. The first kappa shape index (κ1) is 16.8. The number of thioether (sulfide) groups is 1. The highest BCUT2D eigenvalue weighted by atomic mass is 35.5. The highest BCUT2D eigenvalue weighted by Gasteiger charge is 2.07. The van der Waals surface area contributed by atoms with E-state index in [1.165, 1.54) is 10.5 Å². The molecule has 0 amide bonds. The van der Waals surface area contributed by atoms with E-state index < -0.39 is 0 Å². The Morgan fingerprint density at radius 3 is 2.68 bits per heavy atom. The molecule has 1 aromatic rings. The Labute approximate surface area is 125 Å². The molecule has 1 aromatic carbocycles. The summed E-state index contributed by atoms with van der Waals surface area (Å²) in [6, 6.07) is 6.04. The molecule has 2 nitrogen and oxygen atoms in total. The van der Waals surface area contributed by atoms with Gasteiger partial charge in [0.2, 0.25) is 0 Å². The summed E-state index contributed by atoms with van der Waals surface area (Å²) in [5.41, 5.74) is 1.28. The molecule has 1 rings (SSSR count). The largest absolute Gasteiger partial charge is 0.396 e. The summed E-state index contributed by atoms with van der Waals surface area (Å²) in [7, 11) is 0. The third-order valence-electron chi connectivity index (χ3n) is 2.73. The Kier molecular flexibility index (Phi) is 7.84. The molecular weight excluding hydrogens is 278 g/mol. The molecule has 0 spiro atoms. The lowest BCUT2D eigenvalue weighted by molar-refractivity contribution is 0.250. The number of rotatable bonds is 8. The van der Waals surface area contributed by atoms with E-state index in [1.807, 2.05) is 19.1 Å². The van der Waals surface area contributed by atoms with Crippen molar-refractivity contribution in [3.05, 3.63) is 28.8 Å². The molecule has 108 valence electrons. The molecule has 0 bridgehead atoms. The lowest BCUT2D eigenvalue weighted by Crippen LogP contribution is -2.19. The maximum absolute atomic E-state index is 9.09. The van der Waals surface area contributed by atoms with E-state index in [0.29, 0.717) is 11.8 Å². The van der Waals surface area contributed by atoms with Crippen molar-refractivity contribution in [1.29, 1.82) is 0 Å². The van der Waals surface area contributed by atoms with Crippen molar-refractivity contribution in [2.45, 2.75) is 32.2 Å². The minimum Gasteiger partial charge on any atom is -0.396 e. The van der Waals surface area contributed by atoms with E-state index in [1.54, 1.807) is 11.8 Å². The highest BCUT2D eigenvalue weighted by Crippen LogP contribution is 2.27. The second-order valence-electron chi connectivity index (χ2n) is 5.38. The predicted octanol–water partition coefficient (Wildman–Crippen LogP) is 3.81. The van der Waals surface area contributed by atoms with E-state index in [9.17, 15) is 0 Å². The van der Waals surface area contributed by atoms with Crippen LogP contribution in [0.3, 0.4) is 0 Å². The fourth-order valence-electron chi connectivity index (χ4n) is 1.59. The van der Waals surface area contributed by atoms with Crippen LogP contribution in [0.1, 0.15) is 26.3 Å². The van der Waals surface area contributed by atoms with Gasteiger partial charge in [0.25, 0.3) is 0 Å². The molecular formula is C15H24ClNOS. The van der Waals surface area contributed by atoms with E-state index in [0.717, 1.165) is 23.9 Å². The molecule has 0 fully saturated rings. The zero-order valence-electron chi connectivity index (χ0n) is 11.9. The number of aliphatic hydroxyl groups is 1. The van der Waals surface area contributed by atoms with Crippen LogP contribution in [0.25, 0.3) is 0 Å². The quantitative estimate of drug-likeness (QED) is 0.716. The number of halogens is 1. The molecule has 0 saturated carbocycles. The van der Waals surface area contributed by atoms with Gasteiger partial charge in [-0.25, -0.2) is 0 Å². The van der Waals surface area contributed by atoms with Crippen molar-refractivity contribution in [3.8, 4) is 0 Å². The molecule has 0 heterocycles. The van der Waals surface area contributed by atoms with Gasteiger partial charge in [-0.15, -0.1) is 11.8 Å². The molecule has 4 heteroatoms. The average molecular weight is 302 g/mol. The molecule has 0 aliphatic carbocycles. The molecule has 19 heavy (non-hydrogen) atoms. The minimum atomic E-state index is 0.231. The molecule has 1 atom stereocenters. The molecule has 0 saturated heterocycles. The first-order valence-electron chi connectivity index (χ1n) is 6.75. The summed E-state index contributed by atoms with van der Waals surface area (Å²) in [6.45, 7) is 8.56. The first-order valence-corrected chi connectivity index (χ1v) is 8.12. The van der Waals surface area contributed by atoms with Crippen LogP contribution >= 0.6 is 23.4 Å². The summed E-state index contributed by atoms with van der Waals surface area (Å²) < 4.78 is 0. The van der Waals surface area contributed by atoms with Gasteiger partial charge in [-0.05, 0) is 36.1 Å². The van der Waals surface area contributed by atoms with Crippen LogP contribution in [0.4, 0.5) is 0 Å². The third kappa shape index (κ3) is 6.66. The molecule has 0 aliphatic rings. The van der Waals surface area contributed by atoms with E-state index >= 15 is 0 Å². The van der Waals surface area contributed by atoms with Crippen LogP contribution in [0.5, 0.6) is 0 Å². The van der Waals surface area contributed by atoms with Gasteiger partial charge in [-0.1, -0.05) is 38.4 Å². The monoisotopic (exact) mass is 301 g/mol. The molecule has 1 unspecified atom stereocenters. The van der Waals surface area contributed by atoms with Crippen molar-refractivity contribution in [3.63, 3.8) is 0 Å². The molecule has 0 radical (unpaired) electrons. The summed E-state index contributed by atoms with van der Waals surface area (Å²) >= 11 is 7.84. The van der Waals surface area contributed by atoms with Gasteiger partial charge in [0.1, 0.15) is 0 Å². The fourth-order valence-corrected chi connectivity index (χ4v) is 2.93. The van der Waals surface area contributed by atoms with E-state index in [2.05, 4.69) is 25.2 Å². The lowest BCUT2D eigenvalue weighted by atomic mass is 10.2. The van der Waals surface area contributed by atoms with Crippen molar-refractivity contribution in [2.24, 2.45) is 11.8 Å². The standard InChI is InChI=1S/C15H24ClNOS/c1-11(2)7-17-8-13-4-5-14(16)6-15(13)19-10-12(3)9-18/h4-6,11-12,17-18H,7-10H2,1-3H3. The first-order chi connectivity index (χ1) is 9.02. The Morgan fingerprint density at radius 1 is 1.32 bits per heavy atom.